The van der Waals surface area contributed by atoms with Crippen molar-refractivity contribution in [3.63, 3.8) is 0 Å². The Morgan fingerprint density at radius 1 is 0.864 bits per heavy atom. The Morgan fingerprint density at radius 3 is 2.00 bits per heavy atom. The lowest BCUT2D eigenvalue weighted by molar-refractivity contribution is -0.122. The molecule has 112 valence electrons. The number of aliphatic hydroxyl groups excluding tert-OH is 2. The maximum absolute atomic E-state index is 12.5. The van der Waals surface area contributed by atoms with Crippen LogP contribution in [0.5, 0.6) is 0 Å². The second-order valence-corrected chi connectivity index (χ2v) is 5.53. The molecule has 1 unspecified atom stereocenters. The summed E-state index contributed by atoms with van der Waals surface area (Å²) < 4.78 is 0. The Morgan fingerprint density at radius 2 is 1.41 bits per heavy atom. The lowest BCUT2D eigenvalue weighted by atomic mass is 9.90. The van der Waals surface area contributed by atoms with E-state index < -0.39 is 18.1 Å². The molecule has 0 saturated heterocycles. The number of Topliss-reactive ketones (excluding diaryl/α,β-unsaturated/α-hetero) is 1. The molecule has 0 saturated carbocycles. The van der Waals surface area contributed by atoms with Gasteiger partial charge in [-0.15, -0.1) is 0 Å². The molecule has 1 aliphatic rings. The highest BCUT2D eigenvalue weighted by molar-refractivity contribution is 6.01. The Balaban J connectivity index is 1.77. The number of benzene rings is 2. The van der Waals surface area contributed by atoms with Crippen molar-refractivity contribution < 1.29 is 15.0 Å². The van der Waals surface area contributed by atoms with E-state index in [1.807, 2.05) is 48.5 Å². The van der Waals surface area contributed by atoms with Gasteiger partial charge in [0.25, 0.3) is 0 Å². The van der Waals surface area contributed by atoms with Crippen LogP contribution in [0.25, 0.3) is 0 Å². The molecule has 2 aromatic carbocycles. The molecule has 3 nitrogen and oxygen atoms in total. The Kier molecular flexibility index (Phi) is 4.18. The minimum atomic E-state index is -0.929. The molecule has 1 aliphatic carbocycles. The lowest BCUT2D eigenvalue weighted by Crippen LogP contribution is -2.21. The molecule has 0 radical (unpaired) electrons. The van der Waals surface area contributed by atoms with Gasteiger partial charge in [-0.1, -0.05) is 66.7 Å². The van der Waals surface area contributed by atoms with E-state index in [1.165, 1.54) is 0 Å². The quantitative estimate of drug-likeness (QED) is 0.911. The molecule has 2 aromatic rings. The smallest absolute Gasteiger partial charge is 0.167 e. The van der Waals surface area contributed by atoms with Crippen LogP contribution in [0, 0.1) is 5.92 Å². The highest BCUT2D eigenvalue weighted by Crippen LogP contribution is 2.37. The van der Waals surface area contributed by atoms with Crippen LogP contribution in [0.15, 0.2) is 72.3 Å². The molecule has 3 rings (SSSR count). The van der Waals surface area contributed by atoms with Gasteiger partial charge in [-0.2, -0.15) is 0 Å². The van der Waals surface area contributed by atoms with E-state index in [4.69, 9.17) is 0 Å². The van der Waals surface area contributed by atoms with Gasteiger partial charge in [0.05, 0.1) is 12.0 Å². The van der Waals surface area contributed by atoms with Gasteiger partial charge < -0.3 is 10.2 Å². The third-order valence-electron chi connectivity index (χ3n) is 4.15. The molecule has 0 aliphatic heterocycles. The molecule has 22 heavy (non-hydrogen) atoms. The monoisotopic (exact) mass is 294 g/mol. The summed E-state index contributed by atoms with van der Waals surface area (Å²) >= 11 is 0. The third kappa shape index (κ3) is 2.73. The van der Waals surface area contributed by atoms with Crippen LogP contribution in [-0.2, 0) is 4.79 Å². The second-order valence-electron chi connectivity index (χ2n) is 5.53. The number of carbonyl (C=O) groups is 1. The van der Waals surface area contributed by atoms with E-state index in [0.717, 1.165) is 5.56 Å². The third-order valence-corrected chi connectivity index (χ3v) is 4.15. The summed E-state index contributed by atoms with van der Waals surface area (Å²) in [5.74, 6) is -0.691. The number of ketones is 1. The summed E-state index contributed by atoms with van der Waals surface area (Å²) in [6.45, 7) is 0. The number of hydrogen-bond acceptors (Lipinski definition) is 3. The van der Waals surface area contributed by atoms with Crippen molar-refractivity contribution in [2.24, 2.45) is 5.92 Å². The summed E-state index contributed by atoms with van der Waals surface area (Å²) in [6.07, 6.45) is 0.428. The molecule has 3 heteroatoms. The minimum absolute atomic E-state index is 0.173. The highest BCUT2D eigenvalue weighted by atomic mass is 16.3. The number of hydrogen-bond donors (Lipinski definition) is 2. The van der Waals surface area contributed by atoms with Crippen molar-refractivity contribution >= 4 is 5.78 Å². The van der Waals surface area contributed by atoms with Crippen LogP contribution < -0.4 is 0 Å². The van der Waals surface area contributed by atoms with E-state index in [9.17, 15) is 15.0 Å². The zero-order valence-corrected chi connectivity index (χ0v) is 12.1. The van der Waals surface area contributed by atoms with Crippen molar-refractivity contribution in [2.45, 2.75) is 18.6 Å². The van der Waals surface area contributed by atoms with Crippen molar-refractivity contribution in [3.8, 4) is 0 Å². The van der Waals surface area contributed by atoms with Crippen molar-refractivity contribution in [1.29, 1.82) is 0 Å². The SMILES string of the molecule is O=C1C([C@@H](O)c2ccccc2)=CCC1[C@@H](O)c1ccccc1. The van der Waals surface area contributed by atoms with Gasteiger partial charge in [0.15, 0.2) is 5.78 Å². The van der Waals surface area contributed by atoms with Gasteiger partial charge in [-0.25, -0.2) is 0 Å². The molecule has 0 heterocycles. The largest absolute Gasteiger partial charge is 0.388 e. The standard InChI is InChI=1S/C19H18O3/c20-17(13-7-3-1-4-8-13)15-11-12-16(19(15)22)18(21)14-9-5-2-6-10-14/h1-11,16-18,20-21H,12H2/t16?,17-,18-/m0/s1. The summed E-state index contributed by atoms with van der Waals surface area (Å²) in [7, 11) is 0. The van der Waals surface area contributed by atoms with E-state index in [1.54, 1.807) is 18.2 Å². The van der Waals surface area contributed by atoms with Crippen LogP contribution in [0.1, 0.15) is 29.8 Å². The first-order chi connectivity index (χ1) is 10.7. The maximum Gasteiger partial charge on any atom is 0.167 e. The molecule has 0 fully saturated rings. The Labute approximate surface area is 129 Å². The molecule has 0 spiro atoms. The highest BCUT2D eigenvalue weighted by Gasteiger charge is 2.36. The van der Waals surface area contributed by atoms with E-state index >= 15 is 0 Å². The second kappa shape index (κ2) is 6.26. The first kappa shape index (κ1) is 14.7. The van der Waals surface area contributed by atoms with Crippen LogP contribution in [0.3, 0.4) is 0 Å². The molecule has 2 N–H and O–H groups in total. The van der Waals surface area contributed by atoms with E-state index in [2.05, 4.69) is 0 Å². The van der Waals surface area contributed by atoms with E-state index in [-0.39, 0.29) is 5.78 Å². The van der Waals surface area contributed by atoms with Crippen molar-refractivity contribution in [2.75, 3.05) is 0 Å². The zero-order valence-electron chi connectivity index (χ0n) is 12.1. The van der Waals surface area contributed by atoms with Crippen molar-refractivity contribution in [3.05, 3.63) is 83.4 Å². The molecule has 0 amide bonds. The fourth-order valence-electron chi connectivity index (χ4n) is 2.89. The Hall–Kier alpha value is -2.23. The molecular formula is C19H18O3. The van der Waals surface area contributed by atoms with Crippen LogP contribution in [0.4, 0.5) is 0 Å². The maximum atomic E-state index is 12.5. The summed E-state index contributed by atoms with van der Waals surface area (Å²) in [6, 6.07) is 18.3. The van der Waals surface area contributed by atoms with Crippen molar-refractivity contribution in [1.82, 2.24) is 0 Å². The average molecular weight is 294 g/mol. The van der Waals surface area contributed by atoms with E-state index in [0.29, 0.717) is 17.6 Å². The number of aliphatic hydroxyl groups is 2. The average Bonchev–Trinajstić information content (AvgIpc) is 2.96. The van der Waals surface area contributed by atoms with Gasteiger partial charge in [-0.05, 0) is 17.5 Å². The molecule has 0 aromatic heterocycles. The number of carbonyl (C=O) groups excluding carboxylic acids is 1. The predicted octanol–water partition coefficient (Wildman–Crippen LogP) is 2.97. The topological polar surface area (TPSA) is 57.5 Å². The summed E-state index contributed by atoms with van der Waals surface area (Å²) in [4.78, 5) is 12.5. The van der Waals surface area contributed by atoms with Crippen LogP contribution in [-0.4, -0.2) is 16.0 Å². The normalized spacial score (nSPS) is 20.5. The van der Waals surface area contributed by atoms with Gasteiger partial charge in [-0.3, -0.25) is 4.79 Å². The molecular weight excluding hydrogens is 276 g/mol. The predicted molar refractivity (Wildman–Crippen MR) is 84.0 cm³/mol. The fraction of sp³-hybridized carbons (Fsp3) is 0.211. The van der Waals surface area contributed by atoms with Gasteiger partial charge in [0, 0.05) is 5.57 Å². The number of allylic oxidation sites excluding steroid dienone is 1. The van der Waals surface area contributed by atoms with Gasteiger partial charge in [0.1, 0.15) is 6.10 Å². The van der Waals surface area contributed by atoms with Crippen LogP contribution in [0.2, 0.25) is 0 Å². The first-order valence-corrected chi connectivity index (χ1v) is 7.39. The van der Waals surface area contributed by atoms with Crippen LogP contribution >= 0.6 is 0 Å². The fourth-order valence-corrected chi connectivity index (χ4v) is 2.89. The first-order valence-electron chi connectivity index (χ1n) is 7.39. The minimum Gasteiger partial charge on any atom is -0.388 e. The van der Waals surface area contributed by atoms with Gasteiger partial charge in [0.2, 0.25) is 0 Å². The van der Waals surface area contributed by atoms with Gasteiger partial charge >= 0.3 is 0 Å². The molecule has 3 atom stereocenters. The summed E-state index contributed by atoms with van der Waals surface area (Å²) in [5.41, 5.74) is 1.80. The summed E-state index contributed by atoms with van der Waals surface area (Å²) in [5, 5.41) is 20.8. The number of rotatable bonds is 4. The zero-order chi connectivity index (χ0) is 15.5. The molecule has 0 bridgehead atoms. The Bertz CT molecular complexity index is 676. The lowest BCUT2D eigenvalue weighted by Gasteiger charge is -2.19.